The third-order valence-electron chi connectivity index (χ3n) is 1.73. The topological polar surface area (TPSA) is 83.2 Å². The van der Waals surface area contributed by atoms with E-state index in [-0.39, 0.29) is 17.0 Å². The Kier molecular flexibility index (Phi) is 2.67. The number of pyridine rings is 1. The lowest BCUT2D eigenvalue weighted by atomic mass is 10.1. The molecular formula is C9H8N2O3. The summed E-state index contributed by atoms with van der Waals surface area (Å²) in [6.07, 6.45) is 0. The van der Waals surface area contributed by atoms with Crippen molar-refractivity contribution in [2.75, 3.05) is 7.11 Å². The smallest absolute Gasteiger partial charge is 0.337 e. The number of nitriles is 1. The van der Waals surface area contributed by atoms with Crippen LogP contribution in [-0.4, -0.2) is 23.2 Å². The van der Waals surface area contributed by atoms with Gasteiger partial charge in [-0.3, -0.25) is 0 Å². The number of nitrogens with zero attached hydrogens (tertiary/aromatic N) is 2. The third kappa shape index (κ3) is 1.64. The normalized spacial score (nSPS) is 9.21. The molecule has 0 aliphatic heterocycles. The van der Waals surface area contributed by atoms with Crippen LogP contribution >= 0.6 is 0 Å². The Morgan fingerprint density at radius 1 is 1.71 bits per heavy atom. The molecule has 0 fully saturated rings. The molecule has 0 bridgehead atoms. The zero-order chi connectivity index (χ0) is 10.7. The van der Waals surface area contributed by atoms with E-state index in [0.717, 1.165) is 0 Å². The SMILES string of the molecule is COc1cc(C(=O)O)c(C#N)c(C)n1. The van der Waals surface area contributed by atoms with Crippen LogP contribution in [0.25, 0.3) is 0 Å². The molecule has 0 saturated heterocycles. The fourth-order valence-corrected chi connectivity index (χ4v) is 1.06. The van der Waals surface area contributed by atoms with Gasteiger partial charge in [-0.2, -0.15) is 5.26 Å². The first-order valence-corrected chi connectivity index (χ1v) is 3.79. The first-order chi connectivity index (χ1) is 6.60. The molecule has 5 nitrogen and oxygen atoms in total. The number of rotatable bonds is 2. The van der Waals surface area contributed by atoms with Crippen molar-refractivity contribution in [3.8, 4) is 11.9 Å². The molecule has 1 aromatic heterocycles. The molecule has 1 aromatic rings. The van der Waals surface area contributed by atoms with E-state index >= 15 is 0 Å². The van der Waals surface area contributed by atoms with Gasteiger partial charge in [-0.25, -0.2) is 9.78 Å². The molecular weight excluding hydrogens is 184 g/mol. The number of methoxy groups -OCH3 is 1. The summed E-state index contributed by atoms with van der Waals surface area (Å²) >= 11 is 0. The van der Waals surface area contributed by atoms with E-state index < -0.39 is 5.97 Å². The summed E-state index contributed by atoms with van der Waals surface area (Å²) in [5.74, 6) is -0.968. The van der Waals surface area contributed by atoms with Crippen molar-refractivity contribution in [1.29, 1.82) is 5.26 Å². The summed E-state index contributed by atoms with van der Waals surface area (Å²) in [6.45, 7) is 1.56. The molecule has 1 rings (SSSR count). The van der Waals surface area contributed by atoms with E-state index in [1.165, 1.54) is 13.2 Å². The zero-order valence-corrected chi connectivity index (χ0v) is 7.74. The highest BCUT2D eigenvalue weighted by atomic mass is 16.5. The Morgan fingerprint density at radius 2 is 2.36 bits per heavy atom. The number of ether oxygens (including phenoxy) is 1. The Labute approximate surface area is 80.6 Å². The van der Waals surface area contributed by atoms with Gasteiger partial charge in [-0.15, -0.1) is 0 Å². The molecule has 0 unspecified atom stereocenters. The van der Waals surface area contributed by atoms with Crippen molar-refractivity contribution in [3.63, 3.8) is 0 Å². The van der Waals surface area contributed by atoms with Crippen molar-refractivity contribution >= 4 is 5.97 Å². The van der Waals surface area contributed by atoms with Gasteiger partial charge in [-0.05, 0) is 6.92 Å². The highest BCUT2D eigenvalue weighted by molar-refractivity contribution is 5.91. The Balaban J connectivity index is 3.45. The Morgan fingerprint density at radius 3 is 2.79 bits per heavy atom. The van der Waals surface area contributed by atoms with Gasteiger partial charge in [0.1, 0.15) is 6.07 Å². The standard InChI is InChI=1S/C9H8N2O3/c1-5-7(4-10)6(9(12)13)3-8(11-5)14-2/h3H,1-2H3,(H,12,13). The minimum Gasteiger partial charge on any atom is -0.481 e. The van der Waals surface area contributed by atoms with E-state index in [0.29, 0.717) is 5.69 Å². The summed E-state index contributed by atoms with van der Waals surface area (Å²) < 4.78 is 4.80. The Bertz CT molecular complexity index is 421. The van der Waals surface area contributed by atoms with Crippen LogP contribution in [0.2, 0.25) is 0 Å². The van der Waals surface area contributed by atoms with Gasteiger partial charge in [0.2, 0.25) is 5.88 Å². The van der Waals surface area contributed by atoms with Crippen LogP contribution in [0.3, 0.4) is 0 Å². The summed E-state index contributed by atoms with van der Waals surface area (Å²) in [4.78, 5) is 14.7. The van der Waals surface area contributed by atoms with E-state index in [4.69, 9.17) is 15.1 Å². The van der Waals surface area contributed by atoms with Crippen LogP contribution in [-0.2, 0) is 0 Å². The van der Waals surface area contributed by atoms with E-state index in [1.54, 1.807) is 13.0 Å². The average Bonchev–Trinajstić information content (AvgIpc) is 2.16. The molecule has 14 heavy (non-hydrogen) atoms. The van der Waals surface area contributed by atoms with Crippen molar-refractivity contribution in [2.24, 2.45) is 0 Å². The van der Waals surface area contributed by atoms with Gasteiger partial charge in [0.15, 0.2) is 0 Å². The maximum atomic E-state index is 10.8. The molecule has 0 aromatic carbocycles. The van der Waals surface area contributed by atoms with Crippen molar-refractivity contribution in [3.05, 3.63) is 22.9 Å². The number of hydrogen-bond acceptors (Lipinski definition) is 4. The molecule has 72 valence electrons. The monoisotopic (exact) mass is 192 g/mol. The number of aromatic carboxylic acids is 1. The van der Waals surface area contributed by atoms with E-state index in [9.17, 15) is 4.79 Å². The van der Waals surface area contributed by atoms with Crippen molar-refractivity contribution in [2.45, 2.75) is 6.92 Å². The predicted octanol–water partition coefficient (Wildman–Crippen LogP) is 0.968. The number of carboxylic acid groups (broad SMARTS) is 1. The maximum Gasteiger partial charge on any atom is 0.337 e. The van der Waals surface area contributed by atoms with Crippen LogP contribution in [0.5, 0.6) is 5.88 Å². The highest BCUT2D eigenvalue weighted by Crippen LogP contribution is 2.17. The minimum absolute atomic E-state index is 0.0679. The van der Waals surface area contributed by atoms with E-state index in [2.05, 4.69) is 4.98 Å². The second-order valence-corrected chi connectivity index (χ2v) is 2.59. The second-order valence-electron chi connectivity index (χ2n) is 2.59. The number of carbonyl (C=O) groups is 1. The molecule has 5 heteroatoms. The summed E-state index contributed by atoms with van der Waals surface area (Å²) in [7, 11) is 1.39. The summed E-state index contributed by atoms with van der Waals surface area (Å²) in [5.41, 5.74) is 0.333. The number of carboxylic acids is 1. The van der Waals surface area contributed by atoms with Gasteiger partial charge in [0.05, 0.1) is 23.9 Å². The quantitative estimate of drug-likeness (QED) is 0.754. The van der Waals surface area contributed by atoms with Crippen LogP contribution in [0.4, 0.5) is 0 Å². The summed E-state index contributed by atoms with van der Waals surface area (Å²) in [6, 6.07) is 3.03. The maximum absolute atomic E-state index is 10.8. The second kappa shape index (κ2) is 3.75. The van der Waals surface area contributed by atoms with Gasteiger partial charge in [0.25, 0.3) is 0 Å². The van der Waals surface area contributed by atoms with Crippen molar-refractivity contribution in [1.82, 2.24) is 4.98 Å². The minimum atomic E-state index is -1.16. The first-order valence-electron chi connectivity index (χ1n) is 3.79. The van der Waals surface area contributed by atoms with Crippen LogP contribution in [0.1, 0.15) is 21.6 Å². The van der Waals surface area contributed by atoms with Crippen LogP contribution in [0.15, 0.2) is 6.07 Å². The number of aryl methyl sites for hydroxylation is 1. The van der Waals surface area contributed by atoms with Gasteiger partial charge >= 0.3 is 5.97 Å². The first kappa shape index (κ1) is 9.99. The average molecular weight is 192 g/mol. The van der Waals surface area contributed by atoms with Gasteiger partial charge in [0, 0.05) is 6.07 Å². The largest absolute Gasteiger partial charge is 0.481 e. The van der Waals surface area contributed by atoms with Gasteiger partial charge < -0.3 is 9.84 Å². The summed E-state index contributed by atoms with van der Waals surface area (Å²) in [5, 5.41) is 17.5. The fraction of sp³-hybridized carbons (Fsp3) is 0.222. The zero-order valence-electron chi connectivity index (χ0n) is 7.74. The van der Waals surface area contributed by atoms with Gasteiger partial charge in [-0.1, -0.05) is 0 Å². The lowest BCUT2D eigenvalue weighted by molar-refractivity contribution is 0.0695. The number of aromatic nitrogens is 1. The fourth-order valence-electron chi connectivity index (χ4n) is 1.06. The molecule has 1 heterocycles. The number of hydrogen-bond donors (Lipinski definition) is 1. The predicted molar refractivity (Wildman–Crippen MR) is 47.2 cm³/mol. The molecule has 0 saturated carbocycles. The lowest BCUT2D eigenvalue weighted by Gasteiger charge is -2.04. The highest BCUT2D eigenvalue weighted by Gasteiger charge is 2.15. The molecule has 0 amide bonds. The van der Waals surface area contributed by atoms with Crippen LogP contribution in [0, 0.1) is 18.3 Å². The molecule has 0 radical (unpaired) electrons. The van der Waals surface area contributed by atoms with Crippen LogP contribution < -0.4 is 4.74 Å². The molecule has 0 spiro atoms. The molecule has 1 N–H and O–H groups in total. The van der Waals surface area contributed by atoms with Crippen molar-refractivity contribution < 1.29 is 14.6 Å². The van der Waals surface area contributed by atoms with E-state index in [1.807, 2.05) is 0 Å². The molecule has 0 aliphatic carbocycles. The molecule has 0 atom stereocenters. The third-order valence-corrected chi connectivity index (χ3v) is 1.73. The Hall–Kier alpha value is -2.09. The lowest BCUT2D eigenvalue weighted by Crippen LogP contribution is -2.05. The molecule has 0 aliphatic rings.